The van der Waals surface area contributed by atoms with Crippen molar-refractivity contribution in [2.24, 2.45) is 5.92 Å². The van der Waals surface area contributed by atoms with Gasteiger partial charge in [-0.05, 0) is 24.3 Å². The van der Waals surface area contributed by atoms with Crippen molar-refractivity contribution in [2.75, 3.05) is 0 Å². The SMILES string of the molecule is C=CC(O)C(C)CCc1ccccc1. The van der Waals surface area contributed by atoms with Crippen LogP contribution in [-0.2, 0) is 6.42 Å². The van der Waals surface area contributed by atoms with E-state index in [1.165, 1.54) is 5.56 Å². The first-order valence-electron chi connectivity index (χ1n) is 5.08. The van der Waals surface area contributed by atoms with Crippen LogP contribution in [0, 0.1) is 5.92 Å². The Morgan fingerprint density at radius 1 is 1.36 bits per heavy atom. The summed E-state index contributed by atoms with van der Waals surface area (Å²) in [5, 5.41) is 9.49. The van der Waals surface area contributed by atoms with Crippen LogP contribution in [0.15, 0.2) is 43.0 Å². The molecule has 0 heterocycles. The van der Waals surface area contributed by atoms with Crippen molar-refractivity contribution in [3.8, 4) is 0 Å². The van der Waals surface area contributed by atoms with Gasteiger partial charge in [-0.25, -0.2) is 0 Å². The zero-order chi connectivity index (χ0) is 10.4. The van der Waals surface area contributed by atoms with Crippen LogP contribution in [0.5, 0.6) is 0 Å². The molecular weight excluding hydrogens is 172 g/mol. The predicted molar refractivity (Wildman–Crippen MR) is 60.1 cm³/mol. The maximum Gasteiger partial charge on any atom is 0.0743 e. The van der Waals surface area contributed by atoms with Gasteiger partial charge in [0.25, 0.3) is 0 Å². The van der Waals surface area contributed by atoms with Gasteiger partial charge >= 0.3 is 0 Å². The van der Waals surface area contributed by atoms with E-state index < -0.39 is 0 Å². The zero-order valence-electron chi connectivity index (χ0n) is 8.69. The van der Waals surface area contributed by atoms with Gasteiger partial charge in [-0.15, -0.1) is 6.58 Å². The van der Waals surface area contributed by atoms with Crippen molar-refractivity contribution >= 4 is 0 Å². The van der Waals surface area contributed by atoms with Crippen molar-refractivity contribution in [1.82, 2.24) is 0 Å². The second-order valence-electron chi connectivity index (χ2n) is 3.73. The number of aryl methyl sites for hydroxylation is 1. The molecule has 0 aliphatic heterocycles. The molecular formula is C13H18O. The largest absolute Gasteiger partial charge is 0.389 e. The Labute approximate surface area is 86.1 Å². The summed E-state index contributed by atoms with van der Waals surface area (Å²) in [5.74, 6) is 0.285. The molecule has 1 aromatic rings. The van der Waals surface area contributed by atoms with Crippen molar-refractivity contribution in [3.05, 3.63) is 48.6 Å². The molecule has 1 rings (SSSR count). The van der Waals surface area contributed by atoms with Gasteiger partial charge in [0.05, 0.1) is 6.10 Å². The number of benzene rings is 1. The minimum Gasteiger partial charge on any atom is -0.389 e. The third-order valence-corrected chi connectivity index (χ3v) is 2.56. The first kappa shape index (κ1) is 11.0. The molecule has 0 bridgehead atoms. The van der Waals surface area contributed by atoms with Gasteiger partial charge in [0.2, 0.25) is 0 Å². The summed E-state index contributed by atoms with van der Waals surface area (Å²) in [4.78, 5) is 0. The first-order chi connectivity index (χ1) is 6.74. The fourth-order valence-corrected chi connectivity index (χ4v) is 1.44. The molecule has 1 nitrogen and oxygen atoms in total. The van der Waals surface area contributed by atoms with E-state index in [2.05, 4.69) is 25.6 Å². The highest BCUT2D eigenvalue weighted by Gasteiger charge is 2.09. The molecule has 76 valence electrons. The Balaban J connectivity index is 2.37. The van der Waals surface area contributed by atoms with E-state index in [4.69, 9.17) is 0 Å². The van der Waals surface area contributed by atoms with E-state index in [1.807, 2.05) is 18.2 Å². The van der Waals surface area contributed by atoms with Crippen molar-refractivity contribution in [3.63, 3.8) is 0 Å². The Morgan fingerprint density at radius 3 is 2.57 bits per heavy atom. The van der Waals surface area contributed by atoms with E-state index in [-0.39, 0.29) is 12.0 Å². The highest BCUT2D eigenvalue weighted by molar-refractivity contribution is 5.14. The fourth-order valence-electron chi connectivity index (χ4n) is 1.44. The van der Waals surface area contributed by atoms with Crippen molar-refractivity contribution in [2.45, 2.75) is 25.9 Å². The maximum atomic E-state index is 9.49. The van der Waals surface area contributed by atoms with Gasteiger partial charge in [-0.3, -0.25) is 0 Å². The summed E-state index contributed by atoms with van der Waals surface area (Å²) in [6.07, 6.45) is 3.25. The lowest BCUT2D eigenvalue weighted by molar-refractivity contribution is 0.157. The molecule has 0 aliphatic carbocycles. The Bertz CT molecular complexity index is 266. The van der Waals surface area contributed by atoms with Crippen LogP contribution in [0.3, 0.4) is 0 Å². The van der Waals surface area contributed by atoms with Crippen LogP contribution in [-0.4, -0.2) is 11.2 Å². The van der Waals surface area contributed by atoms with Crippen LogP contribution in [0.1, 0.15) is 18.9 Å². The minimum atomic E-state index is -0.376. The molecule has 0 fully saturated rings. The molecule has 0 spiro atoms. The maximum absolute atomic E-state index is 9.49. The number of aliphatic hydroxyl groups excluding tert-OH is 1. The third kappa shape index (κ3) is 3.35. The fraction of sp³-hybridized carbons (Fsp3) is 0.385. The topological polar surface area (TPSA) is 20.2 Å². The van der Waals surface area contributed by atoms with Gasteiger partial charge in [0, 0.05) is 0 Å². The summed E-state index contributed by atoms with van der Waals surface area (Å²) in [6.45, 7) is 5.64. The number of rotatable bonds is 5. The standard InChI is InChI=1S/C13H18O/c1-3-13(14)11(2)9-10-12-7-5-4-6-8-12/h3-8,11,13-14H,1,9-10H2,2H3. The second kappa shape index (κ2) is 5.61. The molecule has 0 aromatic heterocycles. The lowest BCUT2D eigenvalue weighted by Crippen LogP contribution is -2.14. The Morgan fingerprint density at radius 2 is 2.00 bits per heavy atom. The number of hydrogen-bond acceptors (Lipinski definition) is 1. The minimum absolute atomic E-state index is 0.285. The van der Waals surface area contributed by atoms with Gasteiger partial charge < -0.3 is 5.11 Å². The predicted octanol–water partition coefficient (Wildman–Crippen LogP) is 2.80. The summed E-state index contributed by atoms with van der Waals surface area (Å²) in [5.41, 5.74) is 1.33. The normalized spacial score (nSPS) is 14.7. The van der Waals surface area contributed by atoms with E-state index in [0.29, 0.717) is 0 Å². The van der Waals surface area contributed by atoms with Crippen molar-refractivity contribution < 1.29 is 5.11 Å². The quantitative estimate of drug-likeness (QED) is 0.708. The van der Waals surface area contributed by atoms with E-state index in [9.17, 15) is 5.11 Å². The number of hydrogen-bond donors (Lipinski definition) is 1. The molecule has 1 N–H and O–H groups in total. The van der Waals surface area contributed by atoms with Crippen LogP contribution in [0.25, 0.3) is 0 Å². The molecule has 1 heteroatoms. The molecule has 1 aromatic carbocycles. The monoisotopic (exact) mass is 190 g/mol. The van der Waals surface area contributed by atoms with E-state index in [1.54, 1.807) is 6.08 Å². The molecule has 14 heavy (non-hydrogen) atoms. The first-order valence-corrected chi connectivity index (χ1v) is 5.08. The highest BCUT2D eigenvalue weighted by atomic mass is 16.3. The van der Waals surface area contributed by atoms with Crippen LogP contribution < -0.4 is 0 Å². The molecule has 2 atom stereocenters. The molecule has 0 amide bonds. The van der Waals surface area contributed by atoms with Gasteiger partial charge in [0.15, 0.2) is 0 Å². The highest BCUT2D eigenvalue weighted by Crippen LogP contribution is 2.13. The summed E-state index contributed by atoms with van der Waals surface area (Å²) in [6, 6.07) is 10.3. The smallest absolute Gasteiger partial charge is 0.0743 e. The summed E-state index contributed by atoms with van der Waals surface area (Å²) < 4.78 is 0. The van der Waals surface area contributed by atoms with Gasteiger partial charge in [0.1, 0.15) is 0 Å². The number of aliphatic hydroxyl groups is 1. The average molecular weight is 190 g/mol. The molecule has 0 saturated heterocycles. The van der Waals surface area contributed by atoms with E-state index in [0.717, 1.165) is 12.8 Å². The van der Waals surface area contributed by atoms with Gasteiger partial charge in [-0.2, -0.15) is 0 Å². The average Bonchev–Trinajstić information content (AvgIpc) is 2.26. The summed E-state index contributed by atoms with van der Waals surface area (Å²) >= 11 is 0. The molecule has 0 aliphatic rings. The molecule has 2 unspecified atom stereocenters. The summed E-state index contributed by atoms with van der Waals surface area (Å²) in [7, 11) is 0. The molecule has 0 radical (unpaired) electrons. The van der Waals surface area contributed by atoms with Gasteiger partial charge in [-0.1, -0.05) is 43.3 Å². The van der Waals surface area contributed by atoms with Crippen LogP contribution in [0.2, 0.25) is 0 Å². The van der Waals surface area contributed by atoms with E-state index >= 15 is 0 Å². The van der Waals surface area contributed by atoms with Crippen LogP contribution in [0.4, 0.5) is 0 Å². The molecule has 0 saturated carbocycles. The Kier molecular flexibility index (Phi) is 4.41. The Hall–Kier alpha value is -1.08. The lowest BCUT2D eigenvalue weighted by Gasteiger charge is -2.14. The zero-order valence-corrected chi connectivity index (χ0v) is 8.69. The second-order valence-corrected chi connectivity index (χ2v) is 3.73. The van der Waals surface area contributed by atoms with Crippen LogP contribution >= 0.6 is 0 Å². The third-order valence-electron chi connectivity index (χ3n) is 2.56. The lowest BCUT2D eigenvalue weighted by atomic mass is 9.96. The van der Waals surface area contributed by atoms with Crippen molar-refractivity contribution in [1.29, 1.82) is 0 Å².